The lowest BCUT2D eigenvalue weighted by atomic mass is 10.0. The van der Waals surface area contributed by atoms with E-state index in [1.165, 1.54) is 0 Å². The van der Waals surface area contributed by atoms with Crippen LogP contribution in [-0.4, -0.2) is 36.0 Å². The number of halogens is 1. The zero-order valence-corrected chi connectivity index (χ0v) is 12.1. The van der Waals surface area contributed by atoms with Gasteiger partial charge in [0.2, 0.25) is 0 Å². The maximum atomic E-state index is 7.41. The molecule has 5 heteroatoms. The monoisotopic (exact) mass is 281 g/mol. The van der Waals surface area contributed by atoms with Crippen molar-refractivity contribution < 1.29 is 4.74 Å². The number of nitrogens with two attached hydrogens (primary N) is 1. The SMILES string of the molecule is CC1(C)COCCN1Cc1ccc(C(=N)N)cc1Cl. The summed E-state index contributed by atoms with van der Waals surface area (Å²) in [6.45, 7) is 7.52. The molecule has 3 N–H and O–H groups in total. The average Bonchev–Trinajstić information content (AvgIpc) is 2.33. The Morgan fingerprint density at radius 1 is 1.53 bits per heavy atom. The van der Waals surface area contributed by atoms with Gasteiger partial charge in [0.25, 0.3) is 0 Å². The largest absolute Gasteiger partial charge is 0.384 e. The molecule has 1 aromatic rings. The van der Waals surface area contributed by atoms with E-state index in [9.17, 15) is 0 Å². The molecule has 0 radical (unpaired) electrons. The van der Waals surface area contributed by atoms with Crippen LogP contribution in [0.2, 0.25) is 5.02 Å². The molecule has 0 aromatic heterocycles. The molecule has 0 spiro atoms. The van der Waals surface area contributed by atoms with E-state index >= 15 is 0 Å². The normalized spacial score (nSPS) is 19.3. The molecule has 0 unspecified atom stereocenters. The van der Waals surface area contributed by atoms with Gasteiger partial charge in [-0.25, -0.2) is 0 Å². The van der Waals surface area contributed by atoms with Gasteiger partial charge < -0.3 is 10.5 Å². The van der Waals surface area contributed by atoms with E-state index in [0.29, 0.717) is 10.6 Å². The molecule has 0 saturated carbocycles. The van der Waals surface area contributed by atoms with Gasteiger partial charge in [-0.15, -0.1) is 0 Å². The molecule has 1 aliphatic rings. The Balaban J connectivity index is 2.17. The van der Waals surface area contributed by atoms with Crippen molar-refractivity contribution in [2.45, 2.75) is 25.9 Å². The fourth-order valence-electron chi connectivity index (χ4n) is 2.23. The highest BCUT2D eigenvalue weighted by Crippen LogP contribution is 2.25. The number of nitrogen functional groups attached to an aromatic ring is 1. The third-order valence-electron chi connectivity index (χ3n) is 3.54. The van der Waals surface area contributed by atoms with Crippen molar-refractivity contribution in [3.63, 3.8) is 0 Å². The summed E-state index contributed by atoms with van der Waals surface area (Å²) >= 11 is 6.28. The van der Waals surface area contributed by atoms with Crippen LogP contribution in [-0.2, 0) is 11.3 Å². The third-order valence-corrected chi connectivity index (χ3v) is 3.89. The lowest BCUT2D eigenvalue weighted by Gasteiger charge is -2.42. The standard InChI is InChI=1S/C14H20ClN3O/c1-14(2)9-19-6-5-18(14)8-11-4-3-10(13(16)17)7-12(11)15/h3-4,7H,5-6,8-9H2,1-2H3,(H3,16,17). The smallest absolute Gasteiger partial charge is 0.122 e. The molecule has 1 fully saturated rings. The van der Waals surface area contributed by atoms with Crippen LogP contribution >= 0.6 is 11.6 Å². The number of nitrogens with zero attached hydrogens (tertiary/aromatic N) is 1. The van der Waals surface area contributed by atoms with Crippen LogP contribution in [0.5, 0.6) is 0 Å². The van der Waals surface area contributed by atoms with E-state index in [0.717, 1.165) is 31.9 Å². The van der Waals surface area contributed by atoms with Crippen molar-refractivity contribution in [3.05, 3.63) is 34.3 Å². The Hall–Kier alpha value is -1.10. The molecule has 19 heavy (non-hydrogen) atoms. The second-order valence-electron chi connectivity index (χ2n) is 5.51. The summed E-state index contributed by atoms with van der Waals surface area (Å²) in [5.41, 5.74) is 7.19. The first-order valence-corrected chi connectivity index (χ1v) is 6.73. The molecule has 1 saturated heterocycles. The first-order chi connectivity index (χ1) is 8.90. The highest BCUT2D eigenvalue weighted by atomic mass is 35.5. The number of ether oxygens (including phenoxy) is 1. The van der Waals surface area contributed by atoms with Gasteiger partial charge in [0.1, 0.15) is 5.84 Å². The lowest BCUT2D eigenvalue weighted by Crippen LogP contribution is -2.52. The average molecular weight is 282 g/mol. The molecule has 104 valence electrons. The molecule has 0 atom stereocenters. The van der Waals surface area contributed by atoms with Gasteiger partial charge >= 0.3 is 0 Å². The number of nitrogens with one attached hydrogen (secondary N) is 1. The van der Waals surface area contributed by atoms with Crippen molar-refractivity contribution >= 4 is 17.4 Å². The van der Waals surface area contributed by atoms with Crippen LogP contribution in [0.15, 0.2) is 18.2 Å². The quantitative estimate of drug-likeness (QED) is 0.660. The molecule has 0 amide bonds. The predicted molar refractivity (Wildman–Crippen MR) is 77.8 cm³/mol. The summed E-state index contributed by atoms with van der Waals surface area (Å²) in [6, 6.07) is 5.55. The summed E-state index contributed by atoms with van der Waals surface area (Å²) in [5.74, 6) is 0.0418. The molecule has 1 aliphatic heterocycles. The van der Waals surface area contributed by atoms with E-state index < -0.39 is 0 Å². The van der Waals surface area contributed by atoms with Crippen molar-refractivity contribution in [1.82, 2.24) is 4.90 Å². The zero-order valence-electron chi connectivity index (χ0n) is 11.4. The first-order valence-electron chi connectivity index (χ1n) is 6.36. The van der Waals surface area contributed by atoms with Gasteiger partial charge in [0.15, 0.2) is 0 Å². The van der Waals surface area contributed by atoms with Gasteiger partial charge in [-0.3, -0.25) is 10.3 Å². The summed E-state index contributed by atoms with van der Waals surface area (Å²) < 4.78 is 5.51. The second kappa shape index (κ2) is 5.49. The third kappa shape index (κ3) is 3.26. The summed E-state index contributed by atoms with van der Waals surface area (Å²) in [5, 5.41) is 8.07. The van der Waals surface area contributed by atoms with Crippen LogP contribution < -0.4 is 5.73 Å². The topological polar surface area (TPSA) is 62.3 Å². The Labute approximate surface area is 119 Å². The van der Waals surface area contributed by atoms with Gasteiger partial charge in [-0.2, -0.15) is 0 Å². The van der Waals surface area contributed by atoms with Crippen molar-refractivity contribution in [2.24, 2.45) is 5.73 Å². The van der Waals surface area contributed by atoms with E-state index in [-0.39, 0.29) is 11.4 Å². The number of benzene rings is 1. The molecule has 4 nitrogen and oxygen atoms in total. The summed E-state index contributed by atoms with van der Waals surface area (Å²) in [7, 11) is 0. The van der Waals surface area contributed by atoms with Crippen LogP contribution in [0.3, 0.4) is 0 Å². The van der Waals surface area contributed by atoms with Crippen molar-refractivity contribution in [2.75, 3.05) is 19.8 Å². The molecule has 1 heterocycles. The first kappa shape index (κ1) is 14.3. The number of hydrogen-bond acceptors (Lipinski definition) is 3. The van der Waals surface area contributed by atoms with Gasteiger partial charge in [0, 0.05) is 29.2 Å². The highest BCUT2D eigenvalue weighted by Gasteiger charge is 2.30. The Morgan fingerprint density at radius 2 is 2.26 bits per heavy atom. The maximum Gasteiger partial charge on any atom is 0.122 e. The molecular formula is C14H20ClN3O. The van der Waals surface area contributed by atoms with Crippen molar-refractivity contribution in [3.8, 4) is 0 Å². The highest BCUT2D eigenvalue weighted by molar-refractivity contribution is 6.31. The van der Waals surface area contributed by atoms with E-state index in [1.54, 1.807) is 6.07 Å². The van der Waals surface area contributed by atoms with Gasteiger partial charge in [-0.1, -0.05) is 23.7 Å². The Morgan fingerprint density at radius 3 is 2.84 bits per heavy atom. The lowest BCUT2D eigenvalue weighted by molar-refractivity contribution is -0.0552. The molecule has 2 rings (SSSR count). The minimum atomic E-state index is 0.0147. The molecule has 0 bridgehead atoms. The number of hydrogen-bond donors (Lipinski definition) is 2. The van der Waals surface area contributed by atoms with Crippen LogP contribution in [0.25, 0.3) is 0 Å². The van der Waals surface area contributed by atoms with E-state index in [2.05, 4.69) is 18.7 Å². The molecule has 0 aliphatic carbocycles. The second-order valence-corrected chi connectivity index (χ2v) is 5.91. The predicted octanol–water partition coefficient (Wildman–Crippen LogP) is 2.23. The van der Waals surface area contributed by atoms with E-state index in [4.69, 9.17) is 27.5 Å². The minimum Gasteiger partial charge on any atom is -0.384 e. The van der Waals surface area contributed by atoms with Gasteiger partial charge in [0.05, 0.1) is 13.2 Å². The van der Waals surface area contributed by atoms with Crippen LogP contribution in [0, 0.1) is 5.41 Å². The number of morpholine rings is 1. The maximum absolute atomic E-state index is 7.41. The Kier molecular flexibility index (Phi) is 4.13. The number of amidine groups is 1. The summed E-state index contributed by atoms with van der Waals surface area (Å²) in [4.78, 5) is 2.37. The summed E-state index contributed by atoms with van der Waals surface area (Å²) in [6.07, 6.45) is 0. The van der Waals surface area contributed by atoms with Crippen molar-refractivity contribution in [1.29, 1.82) is 5.41 Å². The fourth-order valence-corrected chi connectivity index (χ4v) is 2.47. The van der Waals surface area contributed by atoms with Crippen LogP contribution in [0.1, 0.15) is 25.0 Å². The minimum absolute atomic E-state index is 0.0147. The fraction of sp³-hybridized carbons (Fsp3) is 0.500. The van der Waals surface area contributed by atoms with Gasteiger partial charge in [-0.05, 0) is 25.5 Å². The zero-order chi connectivity index (χ0) is 14.0. The Bertz CT molecular complexity index is 488. The molecule has 1 aromatic carbocycles. The van der Waals surface area contributed by atoms with E-state index in [1.807, 2.05) is 12.1 Å². The number of rotatable bonds is 3. The molecular weight excluding hydrogens is 262 g/mol. The van der Waals surface area contributed by atoms with Crippen LogP contribution in [0.4, 0.5) is 0 Å².